The van der Waals surface area contributed by atoms with Gasteiger partial charge in [0.25, 0.3) is 0 Å². The molecular weight excluding hydrogens is 330 g/mol. The molecule has 0 aliphatic heterocycles. The average molecular weight is 346 g/mol. The van der Waals surface area contributed by atoms with E-state index in [1.807, 2.05) is 55.7 Å². The maximum absolute atomic E-state index is 5.20. The lowest BCUT2D eigenvalue weighted by molar-refractivity contribution is 0.415. The molecule has 0 aliphatic carbocycles. The van der Waals surface area contributed by atoms with Gasteiger partial charge in [-0.25, -0.2) is 4.98 Å². The van der Waals surface area contributed by atoms with Gasteiger partial charge in [-0.15, -0.1) is 0 Å². The van der Waals surface area contributed by atoms with E-state index < -0.39 is 0 Å². The first kappa shape index (κ1) is 13.9. The maximum atomic E-state index is 5.20. The van der Waals surface area contributed by atoms with Gasteiger partial charge in [0.1, 0.15) is 11.4 Å². The molecule has 0 atom stereocenters. The molecule has 0 saturated carbocycles. The molecule has 4 nitrogen and oxygen atoms in total. The van der Waals surface area contributed by atoms with Gasteiger partial charge in [-0.3, -0.25) is 0 Å². The van der Waals surface area contributed by atoms with Crippen LogP contribution in [0, 0.1) is 0 Å². The van der Waals surface area contributed by atoms with Crippen molar-refractivity contribution in [3.8, 4) is 5.75 Å². The van der Waals surface area contributed by atoms with Crippen LogP contribution in [-0.2, 0) is 5.33 Å². The van der Waals surface area contributed by atoms with E-state index in [1.54, 1.807) is 7.11 Å². The molecule has 0 amide bonds. The van der Waals surface area contributed by atoms with Gasteiger partial charge in [-0.1, -0.05) is 22.0 Å². The minimum Gasteiger partial charge on any atom is -0.497 e. The molecule has 108 valence electrons. The van der Waals surface area contributed by atoms with Gasteiger partial charge in [0.05, 0.1) is 12.8 Å². The summed E-state index contributed by atoms with van der Waals surface area (Å²) < 4.78 is 7.30. The largest absolute Gasteiger partial charge is 0.497 e. The number of aromatic nitrogens is 2. The van der Waals surface area contributed by atoms with E-state index in [-0.39, 0.29) is 0 Å². The topological polar surface area (TPSA) is 29.8 Å². The number of halogens is 1. The van der Waals surface area contributed by atoms with Gasteiger partial charge in [-0.2, -0.15) is 0 Å². The number of fused-ring (bicyclic) bond motifs is 1. The highest BCUT2D eigenvalue weighted by molar-refractivity contribution is 9.08. The smallest absolute Gasteiger partial charge is 0.156 e. The molecule has 0 saturated heterocycles. The number of methoxy groups -OCH3 is 1. The van der Waals surface area contributed by atoms with Crippen LogP contribution < -0.4 is 9.64 Å². The van der Waals surface area contributed by atoms with Gasteiger partial charge < -0.3 is 14.0 Å². The first-order chi connectivity index (χ1) is 10.2. The zero-order valence-corrected chi connectivity index (χ0v) is 13.5. The van der Waals surface area contributed by atoms with E-state index in [0.29, 0.717) is 0 Å². The summed E-state index contributed by atoms with van der Waals surface area (Å²) in [7, 11) is 3.69. The molecule has 0 unspecified atom stereocenters. The second-order valence-electron chi connectivity index (χ2n) is 4.70. The van der Waals surface area contributed by atoms with Crippen LogP contribution in [0.4, 0.5) is 11.5 Å². The maximum Gasteiger partial charge on any atom is 0.156 e. The van der Waals surface area contributed by atoms with Crippen LogP contribution in [0.5, 0.6) is 5.75 Å². The Balaban J connectivity index is 2.05. The number of imidazole rings is 1. The molecule has 3 aromatic rings. The number of rotatable bonds is 4. The van der Waals surface area contributed by atoms with Crippen molar-refractivity contribution in [1.29, 1.82) is 0 Å². The average Bonchev–Trinajstić information content (AvgIpc) is 2.92. The fourth-order valence-electron chi connectivity index (χ4n) is 2.36. The number of alkyl halides is 1. The third-order valence-electron chi connectivity index (χ3n) is 3.51. The van der Waals surface area contributed by atoms with Crippen LogP contribution in [0.1, 0.15) is 5.69 Å². The summed E-state index contributed by atoms with van der Waals surface area (Å²) in [6.45, 7) is 0. The fraction of sp³-hybridized carbons (Fsp3) is 0.188. The molecule has 2 heterocycles. The Morgan fingerprint density at radius 2 is 1.95 bits per heavy atom. The Labute approximate surface area is 132 Å². The summed E-state index contributed by atoms with van der Waals surface area (Å²) in [5.74, 6) is 1.80. The Morgan fingerprint density at radius 1 is 1.19 bits per heavy atom. The molecule has 2 aromatic heterocycles. The first-order valence-corrected chi connectivity index (χ1v) is 7.76. The second kappa shape index (κ2) is 5.77. The zero-order valence-electron chi connectivity index (χ0n) is 12.0. The van der Waals surface area contributed by atoms with Crippen molar-refractivity contribution in [3.63, 3.8) is 0 Å². The fourth-order valence-corrected chi connectivity index (χ4v) is 2.88. The summed E-state index contributed by atoms with van der Waals surface area (Å²) >= 11 is 3.56. The Hall–Kier alpha value is -2.01. The van der Waals surface area contributed by atoms with E-state index in [9.17, 15) is 0 Å². The predicted octanol–water partition coefficient (Wildman–Crippen LogP) is 4.01. The summed E-state index contributed by atoms with van der Waals surface area (Å²) in [6, 6.07) is 14.0. The number of pyridine rings is 1. The molecule has 3 rings (SSSR count). The SMILES string of the molecule is COc1ccc(N(C)c2nc3ccccn3c2CBr)cc1. The second-order valence-corrected chi connectivity index (χ2v) is 5.26. The molecule has 1 aromatic carbocycles. The van der Waals surface area contributed by atoms with Gasteiger partial charge in [-0.05, 0) is 36.4 Å². The third kappa shape index (κ3) is 2.49. The summed E-state index contributed by atoms with van der Waals surface area (Å²) in [6.07, 6.45) is 2.03. The molecule has 0 fully saturated rings. The Bertz CT molecular complexity index is 752. The van der Waals surface area contributed by atoms with Gasteiger partial charge in [0.15, 0.2) is 5.82 Å². The monoisotopic (exact) mass is 345 g/mol. The lowest BCUT2D eigenvalue weighted by atomic mass is 10.2. The van der Waals surface area contributed by atoms with Crippen LogP contribution >= 0.6 is 15.9 Å². The van der Waals surface area contributed by atoms with Crippen LogP contribution in [0.15, 0.2) is 48.7 Å². The van der Waals surface area contributed by atoms with Gasteiger partial charge in [0, 0.05) is 24.3 Å². The van der Waals surface area contributed by atoms with E-state index >= 15 is 0 Å². The third-order valence-corrected chi connectivity index (χ3v) is 4.04. The van der Waals surface area contributed by atoms with Crippen molar-refractivity contribution in [3.05, 3.63) is 54.4 Å². The molecule has 5 heteroatoms. The van der Waals surface area contributed by atoms with Crippen molar-refractivity contribution < 1.29 is 4.74 Å². The first-order valence-electron chi connectivity index (χ1n) is 6.64. The van der Waals surface area contributed by atoms with Crippen molar-refractivity contribution in [2.75, 3.05) is 19.1 Å². The molecular formula is C16H16BrN3O. The molecule has 0 aliphatic rings. The van der Waals surface area contributed by atoms with E-state index in [1.165, 1.54) is 0 Å². The molecule has 0 spiro atoms. The van der Waals surface area contributed by atoms with Gasteiger partial charge >= 0.3 is 0 Å². The number of ether oxygens (including phenoxy) is 1. The number of hydrogen-bond acceptors (Lipinski definition) is 3. The van der Waals surface area contributed by atoms with Crippen LogP contribution in [0.2, 0.25) is 0 Å². The number of benzene rings is 1. The quantitative estimate of drug-likeness (QED) is 0.669. The minimum absolute atomic E-state index is 0.744. The highest BCUT2D eigenvalue weighted by Crippen LogP contribution is 2.29. The predicted molar refractivity (Wildman–Crippen MR) is 88.9 cm³/mol. The van der Waals surface area contributed by atoms with Crippen LogP contribution in [0.3, 0.4) is 0 Å². The minimum atomic E-state index is 0.744. The van der Waals surface area contributed by atoms with Crippen LogP contribution in [-0.4, -0.2) is 23.5 Å². The lowest BCUT2D eigenvalue weighted by Gasteiger charge is -2.18. The van der Waals surface area contributed by atoms with E-state index in [4.69, 9.17) is 9.72 Å². The lowest BCUT2D eigenvalue weighted by Crippen LogP contribution is -2.11. The van der Waals surface area contributed by atoms with E-state index in [2.05, 4.69) is 25.2 Å². The number of anilines is 2. The summed E-state index contributed by atoms with van der Waals surface area (Å²) in [4.78, 5) is 6.82. The highest BCUT2D eigenvalue weighted by Gasteiger charge is 2.15. The summed E-state index contributed by atoms with van der Waals surface area (Å²) in [5.41, 5.74) is 3.15. The van der Waals surface area contributed by atoms with Crippen LogP contribution in [0.25, 0.3) is 5.65 Å². The number of nitrogens with zero attached hydrogens (tertiary/aromatic N) is 3. The highest BCUT2D eigenvalue weighted by atomic mass is 79.9. The zero-order chi connectivity index (χ0) is 14.8. The molecule has 21 heavy (non-hydrogen) atoms. The van der Waals surface area contributed by atoms with Gasteiger partial charge in [0.2, 0.25) is 0 Å². The van der Waals surface area contributed by atoms with Crippen molar-refractivity contribution >= 4 is 33.1 Å². The van der Waals surface area contributed by atoms with Crippen molar-refractivity contribution in [1.82, 2.24) is 9.38 Å². The molecule has 0 N–H and O–H groups in total. The number of hydrogen-bond donors (Lipinski definition) is 0. The van der Waals surface area contributed by atoms with E-state index in [0.717, 1.165) is 33.9 Å². The standard InChI is InChI=1S/C16H16BrN3O/c1-19(12-6-8-13(21-2)9-7-12)16-14(11-17)20-10-4-3-5-15(20)18-16/h3-10H,11H2,1-2H3. The van der Waals surface area contributed by atoms with Crippen molar-refractivity contribution in [2.45, 2.75) is 5.33 Å². The normalized spacial score (nSPS) is 10.8. The van der Waals surface area contributed by atoms with Crippen molar-refractivity contribution in [2.24, 2.45) is 0 Å². The summed E-state index contributed by atoms with van der Waals surface area (Å²) in [5, 5.41) is 0.744. The Kier molecular flexibility index (Phi) is 3.84. The Morgan fingerprint density at radius 3 is 2.62 bits per heavy atom. The molecule has 0 radical (unpaired) electrons. The molecule has 0 bridgehead atoms.